The van der Waals surface area contributed by atoms with E-state index in [4.69, 9.17) is 11.6 Å². The van der Waals surface area contributed by atoms with Crippen LogP contribution in [0.3, 0.4) is 0 Å². The summed E-state index contributed by atoms with van der Waals surface area (Å²) in [6, 6.07) is 21.2. The van der Waals surface area contributed by atoms with E-state index >= 15 is 0 Å². The first-order valence-corrected chi connectivity index (χ1v) is 13.9. The van der Waals surface area contributed by atoms with E-state index in [1.807, 2.05) is 24.3 Å². The van der Waals surface area contributed by atoms with Gasteiger partial charge in [-0.05, 0) is 61.7 Å². The van der Waals surface area contributed by atoms with Crippen LogP contribution in [0.4, 0.5) is 5.69 Å². The molecule has 2 heterocycles. The average Bonchev–Trinajstić information content (AvgIpc) is 3.18. The molecule has 1 aromatic heterocycles. The normalized spacial score (nSPS) is 15.6. The van der Waals surface area contributed by atoms with E-state index in [0.29, 0.717) is 36.5 Å². The van der Waals surface area contributed by atoms with Crippen molar-refractivity contribution in [3.05, 3.63) is 77.3 Å². The van der Waals surface area contributed by atoms with Gasteiger partial charge in [-0.15, -0.1) is 0 Å². The van der Waals surface area contributed by atoms with Gasteiger partial charge in [0.15, 0.2) is 0 Å². The molecule has 182 valence electrons. The molecule has 4 aromatic rings. The highest BCUT2D eigenvalue weighted by Crippen LogP contribution is 2.31. The number of piperidine rings is 1. The molecule has 5 rings (SSSR count). The van der Waals surface area contributed by atoms with Crippen molar-refractivity contribution < 1.29 is 13.2 Å². The largest absolute Gasteiger partial charge is 0.341 e. The molecule has 1 saturated heterocycles. The first-order valence-electron chi connectivity index (χ1n) is 11.9. The molecule has 0 aliphatic carbocycles. The molecule has 8 heteroatoms. The minimum Gasteiger partial charge on any atom is -0.341 e. The Morgan fingerprint density at radius 3 is 2.37 bits per heavy atom. The molecule has 1 fully saturated rings. The third kappa shape index (κ3) is 4.81. The van der Waals surface area contributed by atoms with E-state index in [2.05, 4.69) is 35.0 Å². The topological polar surface area (TPSA) is 71.4 Å². The van der Waals surface area contributed by atoms with Crippen LogP contribution >= 0.6 is 11.6 Å². The van der Waals surface area contributed by atoms with Gasteiger partial charge in [-0.3, -0.25) is 4.79 Å². The summed E-state index contributed by atoms with van der Waals surface area (Å²) in [6.45, 7) is 3.69. The molecule has 3 aromatic carbocycles. The van der Waals surface area contributed by atoms with Gasteiger partial charge < -0.3 is 9.88 Å². The molecule has 0 atom stereocenters. The molecule has 1 aliphatic rings. The van der Waals surface area contributed by atoms with Crippen LogP contribution in [0, 0.1) is 5.92 Å². The summed E-state index contributed by atoms with van der Waals surface area (Å²) in [5, 5.41) is 5.92. The quantitative estimate of drug-likeness (QED) is 0.365. The molecular formula is C27H28ClN3O3S. The number of rotatable bonds is 6. The van der Waals surface area contributed by atoms with E-state index in [1.165, 1.54) is 15.2 Å². The second kappa shape index (κ2) is 9.64. The molecule has 0 saturated carbocycles. The van der Waals surface area contributed by atoms with Gasteiger partial charge in [0, 0.05) is 58.1 Å². The predicted octanol–water partition coefficient (Wildman–Crippen LogP) is 5.65. The van der Waals surface area contributed by atoms with Gasteiger partial charge in [0.25, 0.3) is 0 Å². The van der Waals surface area contributed by atoms with Gasteiger partial charge in [0.05, 0.1) is 5.75 Å². The van der Waals surface area contributed by atoms with Gasteiger partial charge in [-0.25, -0.2) is 12.7 Å². The number of para-hydroxylation sites is 1. The Hall–Kier alpha value is -2.87. The summed E-state index contributed by atoms with van der Waals surface area (Å²) in [5.41, 5.74) is 3.79. The van der Waals surface area contributed by atoms with E-state index < -0.39 is 10.0 Å². The number of hydrogen-bond acceptors (Lipinski definition) is 3. The maximum Gasteiger partial charge on any atom is 0.227 e. The molecule has 1 aliphatic heterocycles. The molecule has 0 radical (unpaired) electrons. The minimum absolute atomic E-state index is 0.0571. The lowest BCUT2D eigenvalue weighted by Gasteiger charge is -2.30. The van der Waals surface area contributed by atoms with Crippen molar-refractivity contribution in [2.75, 3.05) is 18.4 Å². The standard InChI is InChI=1S/C27H28ClN3O3S/c1-2-31-25-6-4-3-5-23(25)24-17-22(11-12-26(24)31)29-27(32)20-13-15-30(16-14-20)35(33,34)18-19-7-9-21(28)10-8-19/h3-12,17,20H,2,13-16,18H2,1H3,(H,29,32). The lowest BCUT2D eigenvalue weighted by molar-refractivity contribution is -0.120. The Kier molecular flexibility index (Phi) is 6.57. The molecular weight excluding hydrogens is 482 g/mol. The minimum atomic E-state index is -3.45. The van der Waals surface area contributed by atoms with Gasteiger partial charge in [0.1, 0.15) is 0 Å². The number of benzene rings is 3. The first kappa shape index (κ1) is 23.9. The number of amides is 1. The summed E-state index contributed by atoms with van der Waals surface area (Å²) < 4.78 is 29.5. The van der Waals surface area contributed by atoms with Crippen molar-refractivity contribution in [1.82, 2.24) is 8.87 Å². The van der Waals surface area contributed by atoms with Crippen LogP contribution in [0.25, 0.3) is 21.8 Å². The Balaban J connectivity index is 1.25. The van der Waals surface area contributed by atoms with Gasteiger partial charge >= 0.3 is 0 Å². The third-order valence-corrected chi connectivity index (χ3v) is 8.94. The highest BCUT2D eigenvalue weighted by molar-refractivity contribution is 7.88. The fourth-order valence-corrected chi connectivity index (χ4v) is 6.68. The monoisotopic (exact) mass is 509 g/mol. The number of nitrogens with zero attached hydrogens (tertiary/aromatic N) is 2. The van der Waals surface area contributed by atoms with Crippen LogP contribution in [0.15, 0.2) is 66.7 Å². The predicted molar refractivity (Wildman–Crippen MR) is 142 cm³/mol. The number of sulfonamides is 1. The van der Waals surface area contributed by atoms with Crippen molar-refractivity contribution in [3.63, 3.8) is 0 Å². The average molecular weight is 510 g/mol. The summed E-state index contributed by atoms with van der Waals surface area (Å²) in [4.78, 5) is 13.0. The zero-order chi connectivity index (χ0) is 24.6. The van der Waals surface area contributed by atoms with Gasteiger partial charge in [0.2, 0.25) is 15.9 Å². The van der Waals surface area contributed by atoms with Crippen LogP contribution in [0.2, 0.25) is 5.02 Å². The first-order chi connectivity index (χ1) is 16.9. The lowest BCUT2D eigenvalue weighted by Crippen LogP contribution is -2.41. The molecule has 1 amide bonds. The molecule has 0 spiro atoms. The number of nitrogens with one attached hydrogen (secondary N) is 1. The summed E-state index contributed by atoms with van der Waals surface area (Å²) in [7, 11) is -3.45. The maximum absolute atomic E-state index is 13.0. The zero-order valence-electron chi connectivity index (χ0n) is 19.6. The van der Waals surface area contributed by atoms with Crippen LogP contribution in [0.5, 0.6) is 0 Å². The lowest BCUT2D eigenvalue weighted by atomic mass is 9.97. The number of fused-ring (bicyclic) bond motifs is 3. The molecule has 0 bridgehead atoms. The number of aromatic nitrogens is 1. The SMILES string of the molecule is CCn1c2ccccc2c2cc(NC(=O)C3CCN(S(=O)(=O)Cc4ccc(Cl)cc4)CC3)ccc21. The Labute approximate surface area is 210 Å². The fraction of sp³-hybridized carbons (Fsp3) is 0.296. The second-order valence-corrected chi connectivity index (χ2v) is 11.4. The van der Waals surface area contributed by atoms with Crippen molar-refractivity contribution in [3.8, 4) is 0 Å². The van der Waals surface area contributed by atoms with Crippen LogP contribution in [-0.2, 0) is 27.1 Å². The molecule has 1 N–H and O–H groups in total. The molecule has 0 unspecified atom stereocenters. The summed E-state index contributed by atoms with van der Waals surface area (Å²) in [6.07, 6.45) is 1.01. The van der Waals surface area contributed by atoms with Crippen LogP contribution in [0.1, 0.15) is 25.3 Å². The van der Waals surface area contributed by atoms with Crippen molar-refractivity contribution in [2.45, 2.75) is 32.1 Å². The number of halogens is 1. The number of aryl methyl sites for hydroxylation is 1. The number of hydrogen-bond donors (Lipinski definition) is 1. The molecule has 35 heavy (non-hydrogen) atoms. The fourth-order valence-electron chi connectivity index (χ4n) is 5.00. The van der Waals surface area contributed by atoms with E-state index in [0.717, 1.165) is 23.1 Å². The highest BCUT2D eigenvalue weighted by Gasteiger charge is 2.31. The number of anilines is 1. The number of carbonyl (C=O) groups is 1. The van der Waals surface area contributed by atoms with Gasteiger partial charge in [-0.2, -0.15) is 0 Å². The summed E-state index contributed by atoms with van der Waals surface area (Å²) in [5.74, 6) is -0.338. The highest BCUT2D eigenvalue weighted by atomic mass is 35.5. The van der Waals surface area contributed by atoms with E-state index in [1.54, 1.807) is 24.3 Å². The number of carbonyl (C=O) groups excluding carboxylic acids is 1. The van der Waals surface area contributed by atoms with Crippen molar-refractivity contribution >= 4 is 55.0 Å². The van der Waals surface area contributed by atoms with E-state index in [9.17, 15) is 13.2 Å². The third-order valence-electron chi connectivity index (χ3n) is 6.84. The molecule has 6 nitrogen and oxygen atoms in total. The van der Waals surface area contributed by atoms with Crippen LogP contribution < -0.4 is 5.32 Å². The summed E-state index contributed by atoms with van der Waals surface area (Å²) >= 11 is 5.90. The Morgan fingerprint density at radius 1 is 0.971 bits per heavy atom. The van der Waals surface area contributed by atoms with Crippen LogP contribution in [-0.4, -0.2) is 36.3 Å². The van der Waals surface area contributed by atoms with Gasteiger partial charge in [-0.1, -0.05) is 41.9 Å². The van der Waals surface area contributed by atoms with E-state index in [-0.39, 0.29) is 17.6 Å². The zero-order valence-corrected chi connectivity index (χ0v) is 21.1. The maximum atomic E-state index is 13.0. The van der Waals surface area contributed by atoms with Crippen molar-refractivity contribution in [1.29, 1.82) is 0 Å². The Bertz CT molecular complexity index is 1490. The Morgan fingerprint density at radius 2 is 1.66 bits per heavy atom. The second-order valence-electron chi connectivity index (χ2n) is 9.04. The van der Waals surface area contributed by atoms with Crippen molar-refractivity contribution in [2.24, 2.45) is 5.92 Å². The smallest absolute Gasteiger partial charge is 0.227 e.